The van der Waals surface area contributed by atoms with Gasteiger partial charge in [-0.1, -0.05) is 35.9 Å². The molecule has 0 aromatic heterocycles. The largest absolute Gasteiger partial charge is 0.481 e. The van der Waals surface area contributed by atoms with Gasteiger partial charge < -0.3 is 14.8 Å². The van der Waals surface area contributed by atoms with Crippen LogP contribution in [0.5, 0.6) is 5.75 Å². The average Bonchev–Trinajstić information content (AvgIpc) is 2.94. The number of hydrogen-bond acceptors (Lipinski definition) is 5. The summed E-state index contributed by atoms with van der Waals surface area (Å²) in [6.07, 6.45) is 1.49. The fraction of sp³-hybridized carbons (Fsp3) is 0.150. The van der Waals surface area contributed by atoms with Gasteiger partial charge in [-0.2, -0.15) is 0 Å². The van der Waals surface area contributed by atoms with Gasteiger partial charge in [0.25, 0.3) is 5.91 Å². The maximum Gasteiger partial charge on any atom is 0.344 e. The Labute approximate surface area is 166 Å². The Morgan fingerprint density at radius 2 is 1.96 bits per heavy atom. The van der Waals surface area contributed by atoms with Crippen LogP contribution in [0.3, 0.4) is 0 Å². The fourth-order valence-electron chi connectivity index (χ4n) is 2.61. The summed E-state index contributed by atoms with van der Waals surface area (Å²) in [5.41, 5.74) is 0.978. The maximum atomic E-state index is 12.7. The minimum Gasteiger partial charge on any atom is -0.481 e. The van der Waals surface area contributed by atoms with Gasteiger partial charge in [0.1, 0.15) is 11.4 Å². The molecule has 1 heterocycles. The Hall–Kier alpha value is -3.32. The minimum absolute atomic E-state index is 0.0807. The molecule has 1 aliphatic heterocycles. The molecule has 3 rings (SSSR count). The number of esters is 1. The molecule has 2 aromatic carbocycles. The Bertz CT molecular complexity index is 957. The van der Waals surface area contributed by atoms with Crippen LogP contribution in [0.15, 0.2) is 54.2 Å². The van der Waals surface area contributed by atoms with E-state index in [1.54, 1.807) is 49.4 Å². The number of rotatable bonds is 6. The molecule has 8 heteroatoms. The second kappa shape index (κ2) is 8.58. The van der Waals surface area contributed by atoms with Gasteiger partial charge in [0.05, 0.1) is 12.3 Å². The molecular formula is C20H17ClN2O5. The van der Waals surface area contributed by atoms with Crippen molar-refractivity contribution in [3.8, 4) is 5.75 Å². The molecule has 1 aliphatic rings. The lowest BCUT2D eigenvalue weighted by atomic mass is 10.1. The molecule has 1 saturated heterocycles. The number of benzene rings is 2. The molecule has 0 aliphatic carbocycles. The zero-order valence-corrected chi connectivity index (χ0v) is 15.7. The van der Waals surface area contributed by atoms with Crippen molar-refractivity contribution in [2.45, 2.75) is 6.92 Å². The summed E-state index contributed by atoms with van der Waals surface area (Å²) >= 11 is 5.95. The number of ether oxygens (including phenoxy) is 2. The molecule has 0 spiro atoms. The van der Waals surface area contributed by atoms with Crippen molar-refractivity contribution < 1.29 is 23.9 Å². The van der Waals surface area contributed by atoms with Crippen molar-refractivity contribution in [2.24, 2.45) is 0 Å². The molecular weight excluding hydrogens is 384 g/mol. The Balaban J connectivity index is 1.83. The number of para-hydroxylation sites is 1. The van der Waals surface area contributed by atoms with Crippen molar-refractivity contribution in [2.75, 3.05) is 18.1 Å². The van der Waals surface area contributed by atoms with E-state index in [0.29, 0.717) is 22.0 Å². The number of hydrogen-bond donors (Lipinski definition) is 1. The van der Waals surface area contributed by atoms with Gasteiger partial charge in [-0.15, -0.1) is 0 Å². The van der Waals surface area contributed by atoms with Gasteiger partial charge in [0.2, 0.25) is 0 Å². The van der Waals surface area contributed by atoms with E-state index in [1.807, 2.05) is 0 Å². The highest BCUT2D eigenvalue weighted by molar-refractivity contribution is 6.32. The van der Waals surface area contributed by atoms with E-state index in [0.717, 1.165) is 4.90 Å². The number of carbonyl (C=O) groups is 3. The van der Waals surface area contributed by atoms with E-state index >= 15 is 0 Å². The molecule has 144 valence electrons. The Morgan fingerprint density at radius 1 is 1.18 bits per heavy atom. The van der Waals surface area contributed by atoms with Gasteiger partial charge in [0.15, 0.2) is 6.61 Å². The van der Waals surface area contributed by atoms with Crippen LogP contribution in [-0.2, 0) is 14.3 Å². The second-order valence-corrected chi connectivity index (χ2v) is 6.18. The molecule has 0 radical (unpaired) electrons. The van der Waals surface area contributed by atoms with Gasteiger partial charge in [0, 0.05) is 10.6 Å². The van der Waals surface area contributed by atoms with Crippen LogP contribution in [0.25, 0.3) is 6.08 Å². The number of carbonyl (C=O) groups excluding carboxylic acids is 3. The minimum atomic E-state index is -0.580. The molecule has 0 bridgehead atoms. The third-order valence-corrected chi connectivity index (χ3v) is 4.05. The summed E-state index contributed by atoms with van der Waals surface area (Å²) in [5, 5.41) is 2.95. The molecule has 2 aromatic rings. The van der Waals surface area contributed by atoms with Crippen molar-refractivity contribution in [1.29, 1.82) is 0 Å². The first-order chi connectivity index (χ1) is 13.5. The van der Waals surface area contributed by atoms with E-state index in [4.69, 9.17) is 21.1 Å². The number of nitrogens with one attached hydrogen (secondary N) is 1. The lowest BCUT2D eigenvalue weighted by Crippen LogP contribution is -2.30. The highest BCUT2D eigenvalue weighted by atomic mass is 35.5. The van der Waals surface area contributed by atoms with Crippen LogP contribution in [0.2, 0.25) is 5.02 Å². The Kier molecular flexibility index (Phi) is 5.96. The van der Waals surface area contributed by atoms with E-state index in [1.165, 1.54) is 12.1 Å². The summed E-state index contributed by atoms with van der Waals surface area (Å²) in [5.74, 6) is -0.638. The Morgan fingerprint density at radius 3 is 2.71 bits per heavy atom. The topological polar surface area (TPSA) is 84.9 Å². The standard InChI is InChI=1S/C20H17ClN2O5/c1-2-27-18(24)12-28-17-9-4-3-6-13(17)10-16-19(25)23(20(26)22-16)15-8-5-7-14(21)11-15/h3-11H,2,12H2,1H3,(H,22,26)/b16-10+. The third-order valence-electron chi connectivity index (χ3n) is 3.81. The number of imide groups is 1. The van der Waals surface area contributed by atoms with Crippen LogP contribution in [0.1, 0.15) is 12.5 Å². The van der Waals surface area contributed by atoms with Gasteiger partial charge in [-0.3, -0.25) is 4.79 Å². The van der Waals surface area contributed by atoms with Crippen LogP contribution in [0, 0.1) is 0 Å². The van der Waals surface area contributed by atoms with Crippen LogP contribution < -0.4 is 15.0 Å². The zero-order valence-electron chi connectivity index (χ0n) is 15.0. The van der Waals surface area contributed by atoms with E-state index in [2.05, 4.69) is 5.32 Å². The summed E-state index contributed by atoms with van der Waals surface area (Å²) in [4.78, 5) is 37.5. The summed E-state index contributed by atoms with van der Waals surface area (Å²) in [6.45, 7) is 1.70. The normalized spacial score (nSPS) is 14.9. The molecule has 0 saturated carbocycles. The molecule has 0 unspecified atom stereocenters. The van der Waals surface area contributed by atoms with E-state index < -0.39 is 17.9 Å². The highest BCUT2D eigenvalue weighted by Gasteiger charge is 2.35. The molecule has 28 heavy (non-hydrogen) atoms. The fourth-order valence-corrected chi connectivity index (χ4v) is 2.80. The highest BCUT2D eigenvalue weighted by Crippen LogP contribution is 2.27. The predicted molar refractivity (Wildman–Crippen MR) is 104 cm³/mol. The first-order valence-corrected chi connectivity index (χ1v) is 8.87. The zero-order chi connectivity index (χ0) is 20.1. The van der Waals surface area contributed by atoms with Gasteiger partial charge >= 0.3 is 12.0 Å². The second-order valence-electron chi connectivity index (χ2n) is 5.74. The SMILES string of the molecule is CCOC(=O)COc1ccccc1/C=C1/NC(=O)N(c2cccc(Cl)c2)C1=O. The number of urea groups is 1. The number of halogens is 1. The first kappa shape index (κ1) is 19.4. The van der Waals surface area contributed by atoms with Crippen LogP contribution in [0.4, 0.5) is 10.5 Å². The van der Waals surface area contributed by atoms with Crippen molar-refractivity contribution >= 4 is 41.3 Å². The van der Waals surface area contributed by atoms with Crippen LogP contribution >= 0.6 is 11.6 Å². The van der Waals surface area contributed by atoms with Crippen LogP contribution in [-0.4, -0.2) is 31.1 Å². The lowest BCUT2D eigenvalue weighted by molar-refractivity contribution is -0.145. The lowest BCUT2D eigenvalue weighted by Gasteiger charge is -2.11. The molecule has 0 atom stereocenters. The molecule has 1 N–H and O–H groups in total. The molecule has 1 fully saturated rings. The summed E-state index contributed by atoms with van der Waals surface area (Å²) in [6, 6.07) is 12.7. The maximum absolute atomic E-state index is 12.7. The molecule has 3 amide bonds. The monoisotopic (exact) mass is 400 g/mol. The third kappa shape index (κ3) is 4.32. The quantitative estimate of drug-likeness (QED) is 0.456. The number of anilines is 1. The van der Waals surface area contributed by atoms with E-state index in [9.17, 15) is 14.4 Å². The van der Waals surface area contributed by atoms with Crippen molar-refractivity contribution in [3.63, 3.8) is 0 Å². The summed E-state index contributed by atoms with van der Waals surface area (Å²) < 4.78 is 10.3. The van der Waals surface area contributed by atoms with Gasteiger partial charge in [-0.05, 0) is 37.3 Å². The number of amides is 3. The average molecular weight is 401 g/mol. The van der Waals surface area contributed by atoms with Crippen molar-refractivity contribution in [1.82, 2.24) is 5.32 Å². The van der Waals surface area contributed by atoms with Crippen molar-refractivity contribution in [3.05, 3.63) is 64.8 Å². The number of nitrogens with zero attached hydrogens (tertiary/aromatic N) is 1. The summed E-state index contributed by atoms with van der Waals surface area (Å²) in [7, 11) is 0. The molecule has 7 nitrogen and oxygen atoms in total. The van der Waals surface area contributed by atoms with E-state index in [-0.39, 0.29) is 18.9 Å². The van der Waals surface area contributed by atoms with Gasteiger partial charge in [-0.25, -0.2) is 14.5 Å². The first-order valence-electron chi connectivity index (χ1n) is 8.49. The predicted octanol–water partition coefficient (Wildman–Crippen LogP) is 3.38. The smallest absolute Gasteiger partial charge is 0.344 e.